The minimum absolute atomic E-state index is 0. The van der Waals surface area contributed by atoms with Gasteiger partial charge in [-0.25, -0.2) is 9.59 Å². The van der Waals surface area contributed by atoms with Crippen molar-refractivity contribution < 1.29 is 18.8 Å². The number of piperidine rings is 1. The Balaban J connectivity index is 0.00000216. The lowest BCUT2D eigenvalue weighted by Gasteiger charge is -2.37. The number of piperazine rings is 1. The molecule has 2 amide bonds. The van der Waals surface area contributed by atoms with Gasteiger partial charge in [-0.15, -0.1) is 24.8 Å². The van der Waals surface area contributed by atoms with E-state index in [1.165, 1.54) is 11.3 Å². The molecule has 0 N–H and O–H groups in total. The number of benzene rings is 2. The number of imide groups is 1. The maximum absolute atomic E-state index is 12.5. The maximum atomic E-state index is 12.5. The third-order valence-electron chi connectivity index (χ3n) is 6.72. The van der Waals surface area contributed by atoms with Gasteiger partial charge in [0.15, 0.2) is 0 Å². The minimum atomic E-state index is -0.0972. The number of para-hydroxylation sites is 2. The minimum Gasteiger partial charge on any atom is -0.489 e. The fourth-order valence-electron chi connectivity index (χ4n) is 4.87. The van der Waals surface area contributed by atoms with Crippen LogP contribution in [0.2, 0.25) is 0 Å². The van der Waals surface area contributed by atoms with Gasteiger partial charge in [-0.3, -0.25) is 4.90 Å². The van der Waals surface area contributed by atoms with E-state index in [1.807, 2.05) is 24.3 Å². The van der Waals surface area contributed by atoms with Crippen LogP contribution >= 0.6 is 24.8 Å². The average molecular weight is 524 g/mol. The van der Waals surface area contributed by atoms with Gasteiger partial charge in [-0.2, -0.15) is 4.48 Å². The number of quaternary nitrogens is 1. The van der Waals surface area contributed by atoms with Gasteiger partial charge < -0.3 is 9.64 Å². The molecular formula is C27H38Cl2N3O3+. The summed E-state index contributed by atoms with van der Waals surface area (Å²) >= 11 is 0. The van der Waals surface area contributed by atoms with Gasteiger partial charge in [-0.1, -0.05) is 30.3 Å². The number of hydrogen-bond donors (Lipinski definition) is 0. The van der Waals surface area contributed by atoms with Crippen molar-refractivity contribution in [3.05, 3.63) is 59.7 Å². The summed E-state index contributed by atoms with van der Waals surface area (Å²) in [5.41, 5.74) is 3.45. The second-order valence-electron chi connectivity index (χ2n) is 9.71. The number of halogens is 2. The summed E-state index contributed by atoms with van der Waals surface area (Å²) in [7, 11) is 1.77. The van der Waals surface area contributed by atoms with Gasteiger partial charge in [0.05, 0.1) is 31.7 Å². The van der Waals surface area contributed by atoms with E-state index in [9.17, 15) is 9.59 Å². The lowest BCUT2D eigenvalue weighted by molar-refractivity contribution is -0.774. The quantitative estimate of drug-likeness (QED) is 0.385. The van der Waals surface area contributed by atoms with Crippen LogP contribution in [0, 0.1) is 0 Å². The smallest absolute Gasteiger partial charge is 0.321 e. The van der Waals surface area contributed by atoms with Crippen LogP contribution < -0.4 is 9.64 Å². The third-order valence-corrected chi connectivity index (χ3v) is 6.72. The Kier molecular flexibility index (Phi) is 10.6. The van der Waals surface area contributed by atoms with Crippen molar-refractivity contribution in [3.63, 3.8) is 0 Å². The van der Waals surface area contributed by atoms with Crippen molar-refractivity contribution in [3.8, 4) is 5.75 Å². The van der Waals surface area contributed by atoms with E-state index in [2.05, 4.69) is 47.9 Å². The molecule has 2 aromatic rings. The Morgan fingerprint density at radius 2 is 1.51 bits per heavy atom. The van der Waals surface area contributed by atoms with Gasteiger partial charge in [0.25, 0.3) is 0 Å². The summed E-state index contributed by atoms with van der Waals surface area (Å²) < 4.78 is 5.92. The molecule has 2 heterocycles. The highest BCUT2D eigenvalue weighted by molar-refractivity contribution is 5.87. The molecule has 0 radical (unpaired) electrons. The lowest BCUT2D eigenvalue weighted by atomic mass is 10.0. The van der Waals surface area contributed by atoms with Crippen molar-refractivity contribution in [2.45, 2.75) is 52.3 Å². The number of hydrogen-bond acceptors (Lipinski definition) is 5. The molecule has 0 bridgehead atoms. The molecule has 2 aliphatic heterocycles. The normalized spacial score (nSPS) is 18.1. The zero-order valence-electron chi connectivity index (χ0n) is 20.9. The molecular weight excluding hydrogens is 485 g/mol. The standard InChI is InChI=1S/C27H36N3O3.2ClH/c1-21(2)33-25-11-5-4-10-24(25)29-16-14-28(15-17-29)19-22-8-6-9-23(18-22)20-30(3)26(31)12-7-13-27(30)32;;/h4-6,8-11,18,21H,7,12-17,19-20H2,1-3H3;2*1H/q+1;;. The average Bonchev–Trinajstić information content (AvgIpc) is 2.79. The van der Waals surface area contributed by atoms with E-state index in [0.717, 1.165) is 44.0 Å². The molecule has 2 fully saturated rings. The number of carbonyl (C=O) groups is 2. The Morgan fingerprint density at radius 3 is 2.17 bits per heavy atom. The Labute approximate surface area is 221 Å². The van der Waals surface area contributed by atoms with Crippen LogP contribution in [-0.4, -0.2) is 60.5 Å². The van der Waals surface area contributed by atoms with Crippen LogP contribution in [0.25, 0.3) is 0 Å². The van der Waals surface area contributed by atoms with Gasteiger partial charge in [0, 0.05) is 38.3 Å². The molecule has 35 heavy (non-hydrogen) atoms. The Hall–Kier alpha value is -2.12. The first kappa shape index (κ1) is 29.1. The van der Waals surface area contributed by atoms with E-state index in [-0.39, 0.29) is 47.2 Å². The van der Waals surface area contributed by atoms with Crippen molar-refractivity contribution in [2.24, 2.45) is 0 Å². The number of likely N-dealkylation sites (tertiary alicyclic amines) is 1. The highest BCUT2D eigenvalue weighted by Gasteiger charge is 2.42. The summed E-state index contributed by atoms with van der Waals surface area (Å²) in [6.07, 6.45) is 1.83. The zero-order valence-corrected chi connectivity index (χ0v) is 22.6. The van der Waals surface area contributed by atoms with Gasteiger partial charge >= 0.3 is 11.8 Å². The van der Waals surface area contributed by atoms with Crippen LogP contribution in [0.1, 0.15) is 44.2 Å². The maximum Gasteiger partial charge on any atom is 0.321 e. The van der Waals surface area contributed by atoms with Crippen molar-refractivity contribution in [1.29, 1.82) is 0 Å². The summed E-state index contributed by atoms with van der Waals surface area (Å²) in [6, 6.07) is 16.7. The van der Waals surface area contributed by atoms with E-state index < -0.39 is 0 Å². The van der Waals surface area contributed by atoms with Crippen molar-refractivity contribution in [1.82, 2.24) is 4.90 Å². The molecule has 2 saturated heterocycles. The highest BCUT2D eigenvalue weighted by Crippen LogP contribution is 2.30. The zero-order chi connectivity index (χ0) is 23.4. The first-order chi connectivity index (χ1) is 15.8. The van der Waals surface area contributed by atoms with E-state index in [4.69, 9.17) is 4.74 Å². The van der Waals surface area contributed by atoms with Gasteiger partial charge in [0.1, 0.15) is 12.3 Å². The molecule has 0 aliphatic carbocycles. The number of nitrogens with zero attached hydrogens (tertiary/aromatic N) is 3. The molecule has 4 rings (SSSR count). The largest absolute Gasteiger partial charge is 0.489 e. The molecule has 0 aromatic heterocycles. The number of ether oxygens (including phenoxy) is 1. The second-order valence-corrected chi connectivity index (χ2v) is 9.71. The van der Waals surface area contributed by atoms with E-state index in [0.29, 0.717) is 25.8 Å². The SMILES string of the molecule is CC(C)Oc1ccccc1N1CCN(Cc2cccc(C[N+]3(C)C(=O)CCCC3=O)c2)CC1.Cl.Cl. The first-order valence-electron chi connectivity index (χ1n) is 12.1. The van der Waals surface area contributed by atoms with Gasteiger partial charge in [-0.05, 0) is 44.0 Å². The van der Waals surface area contributed by atoms with Crippen LogP contribution in [0.5, 0.6) is 5.75 Å². The molecule has 0 unspecified atom stereocenters. The second kappa shape index (κ2) is 12.7. The first-order valence-corrected chi connectivity index (χ1v) is 12.1. The Morgan fingerprint density at radius 1 is 0.886 bits per heavy atom. The molecule has 192 valence electrons. The predicted octanol–water partition coefficient (Wildman–Crippen LogP) is 4.82. The van der Waals surface area contributed by atoms with Crippen molar-refractivity contribution in [2.75, 3.05) is 38.1 Å². The topological polar surface area (TPSA) is 49.9 Å². The monoisotopic (exact) mass is 522 g/mol. The fourth-order valence-corrected chi connectivity index (χ4v) is 4.87. The number of amides is 2. The number of anilines is 1. The molecule has 2 aliphatic rings. The summed E-state index contributed by atoms with van der Waals surface area (Å²) in [5.74, 6) is 1.02. The molecule has 2 aromatic carbocycles. The van der Waals surface area contributed by atoms with Crippen LogP contribution in [-0.2, 0) is 22.7 Å². The lowest BCUT2D eigenvalue weighted by Crippen LogP contribution is -2.55. The van der Waals surface area contributed by atoms with Crippen molar-refractivity contribution >= 4 is 42.3 Å². The summed E-state index contributed by atoms with van der Waals surface area (Å²) in [4.78, 5) is 29.9. The highest BCUT2D eigenvalue weighted by atomic mass is 35.5. The van der Waals surface area contributed by atoms with Crippen LogP contribution in [0.15, 0.2) is 48.5 Å². The molecule has 6 nitrogen and oxygen atoms in total. The van der Waals surface area contributed by atoms with Crippen LogP contribution in [0.3, 0.4) is 0 Å². The summed E-state index contributed by atoms with van der Waals surface area (Å²) in [5, 5.41) is 0. The number of carbonyl (C=O) groups excluding carboxylic acids is 2. The molecule has 0 atom stereocenters. The van der Waals surface area contributed by atoms with E-state index >= 15 is 0 Å². The number of rotatable bonds is 7. The van der Waals surface area contributed by atoms with Crippen LogP contribution in [0.4, 0.5) is 5.69 Å². The predicted molar refractivity (Wildman–Crippen MR) is 144 cm³/mol. The molecule has 0 saturated carbocycles. The summed E-state index contributed by atoms with van der Waals surface area (Å²) in [6.45, 7) is 9.30. The van der Waals surface area contributed by atoms with Gasteiger partial charge in [0.2, 0.25) is 0 Å². The fraction of sp³-hybridized carbons (Fsp3) is 0.481. The third kappa shape index (κ3) is 6.98. The Bertz CT molecular complexity index is 991. The molecule has 0 spiro atoms. The van der Waals surface area contributed by atoms with E-state index in [1.54, 1.807) is 7.05 Å². The molecule has 8 heteroatoms.